The maximum absolute atomic E-state index is 13.1. The second-order valence-electron chi connectivity index (χ2n) is 6.95. The topological polar surface area (TPSA) is 88.4 Å². The van der Waals surface area contributed by atoms with Crippen molar-refractivity contribution in [1.29, 1.82) is 0 Å². The van der Waals surface area contributed by atoms with Crippen LogP contribution in [0.1, 0.15) is 24.1 Å². The van der Waals surface area contributed by atoms with Gasteiger partial charge in [-0.05, 0) is 73.7 Å². The van der Waals surface area contributed by atoms with Crippen molar-refractivity contribution in [2.24, 2.45) is 0 Å². The Balaban J connectivity index is 1.76. The first-order chi connectivity index (χ1) is 13.8. The molecule has 150 valence electrons. The van der Waals surface area contributed by atoms with Crippen LogP contribution in [0.3, 0.4) is 0 Å². The van der Waals surface area contributed by atoms with Crippen LogP contribution in [0.2, 0.25) is 0 Å². The Hall–Kier alpha value is -3.13. The van der Waals surface area contributed by atoms with Crippen LogP contribution in [0.4, 0.5) is 10.1 Å². The summed E-state index contributed by atoms with van der Waals surface area (Å²) in [6.45, 7) is 0. The molecule has 1 heterocycles. The first-order valence-electron chi connectivity index (χ1n) is 9.20. The number of benzene rings is 2. The molecule has 2 N–H and O–H groups in total. The fourth-order valence-electron chi connectivity index (χ4n) is 3.78. The number of carboxylic acid groups (broad SMARTS) is 1. The molecule has 29 heavy (non-hydrogen) atoms. The molecule has 0 bridgehead atoms. The van der Waals surface area contributed by atoms with Crippen molar-refractivity contribution in [2.45, 2.75) is 30.6 Å². The molecule has 0 spiro atoms. The zero-order valence-electron chi connectivity index (χ0n) is 15.4. The van der Waals surface area contributed by atoms with Gasteiger partial charge < -0.3 is 9.67 Å². The van der Waals surface area contributed by atoms with E-state index in [0.29, 0.717) is 5.69 Å². The van der Waals surface area contributed by atoms with Crippen molar-refractivity contribution in [3.8, 4) is 0 Å². The zero-order valence-corrected chi connectivity index (χ0v) is 16.2. The standard InChI is InChI=1S/C21H19FN2O4S/c22-14-5-8-16(9-6-14)29(27,28)23-15-7-10-20-18(13-15)17-3-1-2-4-19(17)24(20)12-11-21(25)26/h5-13,23H,1-4H2,(H,25,26)/b12-11-. The number of hydrogen-bond donors (Lipinski definition) is 2. The minimum Gasteiger partial charge on any atom is -0.478 e. The predicted molar refractivity (Wildman–Crippen MR) is 109 cm³/mol. The van der Waals surface area contributed by atoms with Crippen LogP contribution in [-0.2, 0) is 27.7 Å². The average Bonchev–Trinajstić information content (AvgIpc) is 2.99. The highest BCUT2D eigenvalue weighted by molar-refractivity contribution is 7.92. The number of carbonyl (C=O) groups is 1. The fraction of sp³-hybridized carbons (Fsp3) is 0.190. The van der Waals surface area contributed by atoms with E-state index in [2.05, 4.69) is 4.72 Å². The number of nitrogens with zero attached hydrogens (tertiary/aromatic N) is 1. The van der Waals surface area contributed by atoms with Crippen LogP contribution in [0.25, 0.3) is 17.1 Å². The number of carboxylic acids is 1. The summed E-state index contributed by atoms with van der Waals surface area (Å²) in [6, 6.07) is 9.82. The molecule has 3 aromatic rings. The van der Waals surface area contributed by atoms with Gasteiger partial charge in [-0.3, -0.25) is 4.72 Å². The van der Waals surface area contributed by atoms with E-state index >= 15 is 0 Å². The van der Waals surface area contributed by atoms with Gasteiger partial charge in [0, 0.05) is 29.0 Å². The first kappa shape index (κ1) is 19.2. The third kappa shape index (κ3) is 3.75. The lowest BCUT2D eigenvalue weighted by Gasteiger charge is -2.13. The van der Waals surface area contributed by atoms with Crippen molar-refractivity contribution in [2.75, 3.05) is 4.72 Å². The summed E-state index contributed by atoms with van der Waals surface area (Å²) in [5, 5.41) is 9.88. The molecule has 0 amide bonds. The minimum absolute atomic E-state index is 0.0250. The molecule has 1 aromatic heterocycles. The summed E-state index contributed by atoms with van der Waals surface area (Å²) in [5.41, 5.74) is 3.40. The monoisotopic (exact) mass is 414 g/mol. The van der Waals surface area contributed by atoms with Gasteiger partial charge in [0.2, 0.25) is 0 Å². The molecule has 0 saturated heterocycles. The Labute approximate surface area is 167 Å². The molecular weight excluding hydrogens is 395 g/mol. The Kier molecular flexibility index (Phi) is 4.87. The number of hydrogen-bond acceptors (Lipinski definition) is 3. The van der Waals surface area contributed by atoms with Gasteiger partial charge in [0.1, 0.15) is 5.82 Å². The highest BCUT2D eigenvalue weighted by Crippen LogP contribution is 2.34. The van der Waals surface area contributed by atoms with E-state index in [9.17, 15) is 17.6 Å². The average molecular weight is 414 g/mol. The number of fused-ring (bicyclic) bond motifs is 3. The number of aliphatic carboxylic acids is 1. The minimum atomic E-state index is -3.85. The van der Waals surface area contributed by atoms with Gasteiger partial charge in [-0.1, -0.05) is 0 Å². The van der Waals surface area contributed by atoms with Crippen LogP contribution in [0, 0.1) is 5.82 Å². The third-order valence-corrected chi connectivity index (χ3v) is 6.45. The molecular formula is C21H19FN2O4S. The number of anilines is 1. The van der Waals surface area contributed by atoms with Crippen molar-refractivity contribution in [3.63, 3.8) is 0 Å². The Bertz CT molecular complexity index is 1230. The van der Waals surface area contributed by atoms with E-state index in [1.807, 2.05) is 4.57 Å². The number of rotatable bonds is 5. The van der Waals surface area contributed by atoms with Crippen LogP contribution >= 0.6 is 0 Å². The van der Waals surface area contributed by atoms with Crippen molar-refractivity contribution < 1.29 is 22.7 Å². The molecule has 6 nitrogen and oxygen atoms in total. The number of sulfonamides is 1. The molecule has 0 saturated carbocycles. The molecule has 0 aliphatic heterocycles. The molecule has 1 aliphatic carbocycles. The van der Waals surface area contributed by atoms with E-state index in [1.165, 1.54) is 18.3 Å². The van der Waals surface area contributed by atoms with Crippen molar-refractivity contribution in [3.05, 3.63) is 65.6 Å². The van der Waals surface area contributed by atoms with E-state index in [1.54, 1.807) is 18.2 Å². The van der Waals surface area contributed by atoms with Crippen molar-refractivity contribution >= 4 is 38.8 Å². The van der Waals surface area contributed by atoms with Gasteiger partial charge in [-0.25, -0.2) is 17.6 Å². The van der Waals surface area contributed by atoms with Gasteiger partial charge in [0.05, 0.1) is 10.4 Å². The predicted octanol–water partition coefficient (Wildman–Crippen LogP) is 4.02. The summed E-state index contributed by atoms with van der Waals surface area (Å²) in [7, 11) is -3.85. The van der Waals surface area contributed by atoms with Gasteiger partial charge >= 0.3 is 5.97 Å². The quantitative estimate of drug-likeness (QED) is 0.618. The van der Waals surface area contributed by atoms with Crippen LogP contribution < -0.4 is 4.72 Å². The second kappa shape index (κ2) is 7.36. The maximum Gasteiger partial charge on any atom is 0.329 e. The third-order valence-electron chi connectivity index (χ3n) is 5.05. The van der Waals surface area contributed by atoms with Crippen LogP contribution in [0.15, 0.2) is 53.4 Å². The van der Waals surface area contributed by atoms with E-state index in [0.717, 1.165) is 66.1 Å². The summed E-state index contributed by atoms with van der Waals surface area (Å²) in [6.07, 6.45) is 6.38. The first-order valence-corrected chi connectivity index (χ1v) is 10.7. The van der Waals surface area contributed by atoms with E-state index < -0.39 is 21.8 Å². The van der Waals surface area contributed by atoms with Crippen molar-refractivity contribution in [1.82, 2.24) is 4.57 Å². The zero-order chi connectivity index (χ0) is 20.6. The highest BCUT2D eigenvalue weighted by atomic mass is 32.2. The number of aromatic nitrogens is 1. The number of aryl methyl sites for hydroxylation is 1. The number of nitrogens with one attached hydrogen (secondary N) is 1. The van der Waals surface area contributed by atoms with Gasteiger partial charge in [-0.2, -0.15) is 0 Å². The van der Waals surface area contributed by atoms with Gasteiger partial charge in [0.25, 0.3) is 10.0 Å². The molecule has 4 rings (SSSR count). The Morgan fingerprint density at radius 1 is 1.10 bits per heavy atom. The lowest BCUT2D eigenvalue weighted by molar-refractivity contribution is -0.131. The molecule has 0 fully saturated rings. The number of halogens is 1. The lowest BCUT2D eigenvalue weighted by atomic mass is 9.95. The van der Waals surface area contributed by atoms with E-state index in [-0.39, 0.29) is 4.90 Å². The second-order valence-corrected chi connectivity index (χ2v) is 8.63. The summed E-state index contributed by atoms with van der Waals surface area (Å²) >= 11 is 0. The summed E-state index contributed by atoms with van der Waals surface area (Å²) in [5.74, 6) is -1.53. The summed E-state index contributed by atoms with van der Waals surface area (Å²) < 4.78 is 42.7. The maximum atomic E-state index is 13.1. The molecule has 2 aromatic carbocycles. The lowest BCUT2D eigenvalue weighted by Crippen LogP contribution is -2.12. The highest BCUT2D eigenvalue weighted by Gasteiger charge is 2.21. The largest absolute Gasteiger partial charge is 0.478 e. The Morgan fingerprint density at radius 3 is 2.55 bits per heavy atom. The molecule has 0 unspecified atom stereocenters. The van der Waals surface area contributed by atoms with Gasteiger partial charge in [0.15, 0.2) is 0 Å². The smallest absolute Gasteiger partial charge is 0.329 e. The van der Waals surface area contributed by atoms with Crippen LogP contribution in [0.5, 0.6) is 0 Å². The normalized spacial score (nSPS) is 14.2. The summed E-state index contributed by atoms with van der Waals surface area (Å²) in [4.78, 5) is 10.9. The molecule has 8 heteroatoms. The van der Waals surface area contributed by atoms with Crippen LogP contribution in [-0.4, -0.2) is 24.1 Å². The Morgan fingerprint density at radius 2 is 1.83 bits per heavy atom. The molecule has 0 atom stereocenters. The fourth-order valence-corrected chi connectivity index (χ4v) is 4.83. The molecule has 0 radical (unpaired) electrons. The molecule has 1 aliphatic rings. The van der Waals surface area contributed by atoms with Gasteiger partial charge in [-0.15, -0.1) is 0 Å². The van der Waals surface area contributed by atoms with E-state index in [4.69, 9.17) is 5.11 Å². The SMILES string of the molecule is O=C(O)/C=C\n1c2c(c3cc(NS(=O)(=O)c4ccc(F)cc4)ccc31)CCCC2.